The van der Waals surface area contributed by atoms with E-state index in [1.165, 1.54) is 6.07 Å². The molecule has 0 saturated carbocycles. The van der Waals surface area contributed by atoms with Crippen molar-refractivity contribution in [3.8, 4) is 0 Å². The third-order valence-corrected chi connectivity index (χ3v) is 3.51. The van der Waals surface area contributed by atoms with Gasteiger partial charge in [-0.2, -0.15) is 0 Å². The van der Waals surface area contributed by atoms with Crippen molar-refractivity contribution in [2.24, 2.45) is 5.73 Å². The highest BCUT2D eigenvalue weighted by molar-refractivity contribution is 5.66. The van der Waals surface area contributed by atoms with Crippen LogP contribution >= 0.6 is 0 Å². The van der Waals surface area contributed by atoms with Crippen molar-refractivity contribution in [1.82, 2.24) is 0 Å². The monoisotopic (exact) mass is 272 g/mol. The van der Waals surface area contributed by atoms with E-state index in [1.807, 2.05) is 62.1 Å². The van der Waals surface area contributed by atoms with Crippen LogP contribution in [0.5, 0.6) is 0 Å². The summed E-state index contributed by atoms with van der Waals surface area (Å²) in [4.78, 5) is 1.98. The molecule has 106 valence electrons. The molecule has 2 aromatic rings. The molecule has 0 amide bonds. The molecule has 2 nitrogen and oxygen atoms in total. The molecular formula is C17H21FN2. The summed E-state index contributed by atoms with van der Waals surface area (Å²) in [6.07, 6.45) is 0. The molecule has 0 spiro atoms. The molecule has 0 bridgehead atoms. The number of hydrogen-bond acceptors (Lipinski definition) is 2. The van der Waals surface area contributed by atoms with Gasteiger partial charge in [0.2, 0.25) is 0 Å². The van der Waals surface area contributed by atoms with Crippen molar-refractivity contribution < 1.29 is 4.39 Å². The minimum atomic E-state index is -0.232. The quantitative estimate of drug-likeness (QED) is 0.898. The van der Waals surface area contributed by atoms with Gasteiger partial charge in [-0.3, -0.25) is 0 Å². The molecule has 0 aliphatic rings. The number of hydrogen-bond donors (Lipinski definition) is 1. The van der Waals surface area contributed by atoms with E-state index in [-0.39, 0.29) is 11.9 Å². The highest BCUT2D eigenvalue weighted by Crippen LogP contribution is 2.31. The van der Waals surface area contributed by atoms with Crippen molar-refractivity contribution in [2.75, 3.05) is 11.4 Å². The van der Waals surface area contributed by atoms with Crippen LogP contribution in [0.1, 0.15) is 31.0 Å². The number of aryl methyl sites for hydroxylation is 1. The van der Waals surface area contributed by atoms with E-state index in [0.29, 0.717) is 12.2 Å². The first-order chi connectivity index (χ1) is 9.54. The van der Waals surface area contributed by atoms with Crippen LogP contribution in [0.4, 0.5) is 15.8 Å². The summed E-state index contributed by atoms with van der Waals surface area (Å²) in [5.74, 6) is -0.232. The lowest BCUT2D eigenvalue weighted by molar-refractivity contribution is 0.620. The lowest BCUT2D eigenvalue weighted by atomic mass is 10.1. The first-order valence-electron chi connectivity index (χ1n) is 6.92. The molecule has 0 saturated heterocycles. The van der Waals surface area contributed by atoms with Crippen LogP contribution in [-0.2, 0) is 0 Å². The second-order valence-corrected chi connectivity index (χ2v) is 5.03. The maximum absolute atomic E-state index is 14.4. The Morgan fingerprint density at radius 1 is 1.15 bits per heavy atom. The van der Waals surface area contributed by atoms with Gasteiger partial charge in [-0.15, -0.1) is 0 Å². The Morgan fingerprint density at radius 2 is 1.85 bits per heavy atom. The van der Waals surface area contributed by atoms with Crippen LogP contribution in [0.25, 0.3) is 0 Å². The highest BCUT2D eigenvalue weighted by atomic mass is 19.1. The number of benzene rings is 2. The van der Waals surface area contributed by atoms with E-state index in [1.54, 1.807) is 0 Å². The van der Waals surface area contributed by atoms with Crippen LogP contribution in [0.2, 0.25) is 0 Å². The predicted molar refractivity (Wildman–Crippen MR) is 82.9 cm³/mol. The Balaban J connectivity index is 2.45. The highest BCUT2D eigenvalue weighted by Gasteiger charge is 2.14. The molecule has 2 N–H and O–H groups in total. The maximum Gasteiger partial charge on any atom is 0.147 e. The zero-order chi connectivity index (χ0) is 14.7. The van der Waals surface area contributed by atoms with Gasteiger partial charge in [0.1, 0.15) is 5.82 Å². The summed E-state index contributed by atoms with van der Waals surface area (Å²) < 4.78 is 14.4. The zero-order valence-electron chi connectivity index (χ0n) is 12.2. The molecule has 0 heterocycles. The number of para-hydroxylation sites is 1. The van der Waals surface area contributed by atoms with E-state index in [2.05, 4.69) is 0 Å². The van der Waals surface area contributed by atoms with Crippen molar-refractivity contribution >= 4 is 11.4 Å². The second-order valence-electron chi connectivity index (χ2n) is 5.03. The van der Waals surface area contributed by atoms with Gasteiger partial charge >= 0.3 is 0 Å². The molecule has 0 aliphatic heterocycles. The van der Waals surface area contributed by atoms with Crippen LogP contribution in [-0.4, -0.2) is 6.54 Å². The van der Waals surface area contributed by atoms with Gasteiger partial charge < -0.3 is 10.6 Å². The maximum atomic E-state index is 14.4. The summed E-state index contributed by atoms with van der Waals surface area (Å²) in [6, 6.07) is 13.1. The van der Waals surface area contributed by atoms with E-state index < -0.39 is 0 Å². The van der Waals surface area contributed by atoms with Gasteiger partial charge in [0.15, 0.2) is 0 Å². The fraction of sp³-hybridized carbons (Fsp3) is 0.294. The summed E-state index contributed by atoms with van der Waals surface area (Å²) in [5.41, 5.74) is 9.36. The first kappa shape index (κ1) is 14.5. The minimum Gasteiger partial charge on any atom is -0.339 e. The minimum absolute atomic E-state index is 0.160. The Kier molecular flexibility index (Phi) is 4.40. The number of nitrogens with two attached hydrogens (primary N) is 1. The Labute approximate surface area is 120 Å². The van der Waals surface area contributed by atoms with Gasteiger partial charge in [-0.25, -0.2) is 4.39 Å². The Morgan fingerprint density at radius 3 is 2.40 bits per heavy atom. The van der Waals surface area contributed by atoms with Crippen LogP contribution in [0, 0.1) is 12.7 Å². The van der Waals surface area contributed by atoms with Gasteiger partial charge in [-0.05, 0) is 50.1 Å². The standard InChI is InChI=1S/C17H21FN2/c1-4-20(16-8-6-5-7-12(16)2)17-10-9-14(13(3)19)11-15(17)18/h5-11,13H,4,19H2,1-3H3/t13-/m1/s1. The normalized spacial score (nSPS) is 12.2. The average molecular weight is 272 g/mol. The van der Waals surface area contributed by atoms with Crippen molar-refractivity contribution in [3.63, 3.8) is 0 Å². The molecule has 2 aromatic carbocycles. The van der Waals surface area contributed by atoms with E-state index >= 15 is 0 Å². The number of nitrogens with zero attached hydrogens (tertiary/aromatic N) is 1. The van der Waals surface area contributed by atoms with Crippen LogP contribution in [0.3, 0.4) is 0 Å². The summed E-state index contributed by atoms with van der Waals surface area (Å²) in [6.45, 7) is 6.62. The Bertz CT molecular complexity index is 593. The molecule has 1 atom stereocenters. The number of rotatable bonds is 4. The van der Waals surface area contributed by atoms with E-state index in [9.17, 15) is 4.39 Å². The molecular weight excluding hydrogens is 251 g/mol. The topological polar surface area (TPSA) is 29.3 Å². The average Bonchev–Trinajstić information content (AvgIpc) is 2.43. The molecule has 2 rings (SSSR count). The lowest BCUT2D eigenvalue weighted by Crippen LogP contribution is -2.18. The number of anilines is 2. The molecule has 0 aliphatic carbocycles. The fourth-order valence-electron chi connectivity index (χ4n) is 2.36. The predicted octanol–water partition coefficient (Wildman–Crippen LogP) is 4.31. The van der Waals surface area contributed by atoms with Crippen molar-refractivity contribution in [1.29, 1.82) is 0 Å². The van der Waals surface area contributed by atoms with Crippen molar-refractivity contribution in [2.45, 2.75) is 26.8 Å². The zero-order valence-corrected chi connectivity index (χ0v) is 12.2. The molecule has 0 unspecified atom stereocenters. The SMILES string of the molecule is CCN(c1ccccc1C)c1ccc([C@@H](C)N)cc1F. The summed E-state index contributed by atoms with van der Waals surface area (Å²) in [5, 5.41) is 0. The largest absolute Gasteiger partial charge is 0.339 e. The van der Waals surface area contributed by atoms with E-state index in [0.717, 1.165) is 16.8 Å². The first-order valence-corrected chi connectivity index (χ1v) is 6.92. The van der Waals surface area contributed by atoms with Gasteiger partial charge in [-0.1, -0.05) is 24.3 Å². The molecule has 0 aromatic heterocycles. The summed E-state index contributed by atoms with van der Waals surface area (Å²) >= 11 is 0. The third-order valence-electron chi connectivity index (χ3n) is 3.51. The van der Waals surface area contributed by atoms with Gasteiger partial charge in [0, 0.05) is 18.3 Å². The third kappa shape index (κ3) is 2.83. The van der Waals surface area contributed by atoms with Crippen LogP contribution < -0.4 is 10.6 Å². The smallest absolute Gasteiger partial charge is 0.147 e. The van der Waals surface area contributed by atoms with Gasteiger partial charge in [0.25, 0.3) is 0 Å². The number of halogens is 1. The molecule has 20 heavy (non-hydrogen) atoms. The second kappa shape index (κ2) is 6.06. The summed E-state index contributed by atoms with van der Waals surface area (Å²) in [7, 11) is 0. The molecule has 0 fully saturated rings. The Hall–Kier alpha value is -1.87. The van der Waals surface area contributed by atoms with Crippen LogP contribution in [0.15, 0.2) is 42.5 Å². The van der Waals surface area contributed by atoms with E-state index in [4.69, 9.17) is 5.73 Å². The van der Waals surface area contributed by atoms with Gasteiger partial charge in [0.05, 0.1) is 5.69 Å². The molecule has 0 radical (unpaired) electrons. The molecule has 3 heteroatoms. The lowest BCUT2D eigenvalue weighted by Gasteiger charge is -2.26. The van der Waals surface area contributed by atoms with Crippen molar-refractivity contribution in [3.05, 3.63) is 59.4 Å². The fourth-order valence-corrected chi connectivity index (χ4v) is 2.36.